The van der Waals surface area contributed by atoms with Gasteiger partial charge in [-0.3, -0.25) is 4.79 Å². The van der Waals surface area contributed by atoms with Crippen LogP contribution in [0.5, 0.6) is 0 Å². The molecular weight excluding hydrogens is 206 g/mol. The van der Waals surface area contributed by atoms with E-state index in [1.165, 1.54) is 0 Å². The zero-order valence-corrected chi connectivity index (χ0v) is 9.27. The van der Waals surface area contributed by atoms with E-state index in [9.17, 15) is 4.79 Å². The minimum atomic E-state index is 0.00579. The van der Waals surface area contributed by atoms with Gasteiger partial charge in [0.2, 0.25) is 0 Å². The fraction of sp³-hybridized carbons (Fsp3) is 0.636. The third-order valence-electron chi connectivity index (χ3n) is 3.52. The molecule has 2 aliphatic heterocycles. The molecule has 2 atom stereocenters. The van der Waals surface area contributed by atoms with E-state index >= 15 is 0 Å². The minimum absolute atomic E-state index is 0.00579. The normalized spacial score (nSPS) is 28.4. The first-order valence-electron chi connectivity index (χ1n) is 5.67. The van der Waals surface area contributed by atoms with Crippen LogP contribution in [0.3, 0.4) is 0 Å². The summed E-state index contributed by atoms with van der Waals surface area (Å²) in [6, 6.07) is 1.70. The fourth-order valence-corrected chi connectivity index (χ4v) is 2.65. The number of hydrogen-bond acceptors (Lipinski definition) is 4. The predicted octanol–water partition coefficient (Wildman–Crippen LogP) is 0.274. The second kappa shape index (κ2) is 3.59. The molecule has 1 amide bonds. The van der Waals surface area contributed by atoms with Crippen molar-refractivity contribution in [1.82, 2.24) is 15.4 Å². The number of aryl methyl sites for hydroxylation is 1. The maximum atomic E-state index is 12.1. The highest BCUT2D eigenvalue weighted by molar-refractivity contribution is 5.92. The molecule has 5 heteroatoms. The van der Waals surface area contributed by atoms with Gasteiger partial charge < -0.3 is 14.7 Å². The van der Waals surface area contributed by atoms with E-state index in [2.05, 4.69) is 10.5 Å². The van der Waals surface area contributed by atoms with E-state index in [0.717, 1.165) is 26.2 Å². The number of nitrogens with zero attached hydrogens (tertiary/aromatic N) is 2. The highest BCUT2D eigenvalue weighted by Crippen LogP contribution is 2.27. The molecule has 2 aliphatic rings. The van der Waals surface area contributed by atoms with E-state index in [0.29, 0.717) is 23.3 Å². The lowest BCUT2D eigenvalue weighted by Gasteiger charge is -2.15. The molecule has 0 aliphatic carbocycles. The molecule has 0 aromatic carbocycles. The van der Waals surface area contributed by atoms with Gasteiger partial charge in [0, 0.05) is 32.2 Å². The third-order valence-corrected chi connectivity index (χ3v) is 3.52. The topological polar surface area (TPSA) is 58.4 Å². The lowest BCUT2D eigenvalue weighted by Crippen LogP contribution is -2.32. The molecule has 0 bridgehead atoms. The summed E-state index contributed by atoms with van der Waals surface area (Å²) in [7, 11) is 0. The zero-order chi connectivity index (χ0) is 11.1. The van der Waals surface area contributed by atoms with Crippen molar-refractivity contribution in [3.8, 4) is 0 Å². The Balaban J connectivity index is 1.73. The number of nitrogens with one attached hydrogen (secondary N) is 1. The van der Waals surface area contributed by atoms with Crippen molar-refractivity contribution in [2.45, 2.75) is 6.92 Å². The summed E-state index contributed by atoms with van der Waals surface area (Å²) < 4.78 is 4.93. The number of rotatable bonds is 1. The SMILES string of the molecule is Cc1cc(C(=O)N2CC3CNCC3C2)no1. The monoisotopic (exact) mass is 221 g/mol. The van der Waals surface area contributed by atoms with Gasteiger partial charge in [-0.2, -0.15) is 0 Å². The molecule has 3 heterocycles. The number of aromatic nitrogens is 1. The fourth-order valence-electron chi connectivity index (χ4n) is 2.65. The van der Waals surface area contributed by atoms with Crippen molar-refractivity contribution in [3.05, 3.63) is 17.5 Å². The number of hydrogen-bond donors (Lipinski definition) is 1. The summed E-state index contributed by atoms with van der Waals surface area (Å²) in [5.41, 5.74) is 0.436. The summed E-state index contributed by atoms with van der Waals surface area (Å²) in [5.74, 6) is 1.93. The molecule has 16 heavy (non-hydrogen) atoms. The second-order valence-electron chi connectivity index (χ2n) is 4.71. The molecule has 2 saturated heterocycles. The van der Waals surface area contributed by atoms with Crippen molar-refractivity contribution >= 4 is 5.91 Å². The maximum absolute atomic E-state index is 12.1. The number of likely N-dealkylation sites (tertiary alicyclic amines) is 1. The molecule has 86 valence electrons. The Bertz CT molecular complexity index is 403. The summed E-state index contributed by atoms with van der Waals surface area (Å²) in [4.78, 5) is 14.0. The molecule has 1 N–H and O–H groups in total. The van der Waals surface area contributed by atoms with E-state index in [1.54, 1.807) is 13.0 Å². The van der Waals surface area contributed by atoms with Gasteiger partial charge in [0.05, 0.1) is 0 Å². The summed E-state index contributed by atoms with van der Waals surface area (Å²) in [6.07, 6.45) is 0. The first-order chi connectivity index (χ1) is 7.74. The van der Waals surface area contributed by atoms with Crippen molar-refractivity contribution < 1.29 is 9.32 Å². The van der Waals surface area contributed by atoms with Gasteiger partial charge in [-0.15, -0.1) is 0 Å². The molecule has 3 rings (SSSR count). The smallest absolute Gasteiger partial charge is 0.276 e. The van der Waals surface area contributed by atoms with Crippen molar-refractivity contribution in [2.24, 2.45) is 11.8 Å². The number of fused-ring (bicyclic) bond motifs is 1. The molecule has 5 nitrogen and oxygen atoms in total. The molecule has 2 unspecified atom stereocenters. The van der Waals surface area contributed by atoms with Gasteiger partial charge in [0.25, 0.3) is 5.91 Å². The summed E-state index contributed by atoms with van der Waals surface area (Å²) in [5, 5.41) is 7.13. The predicted molar refractivity (Wildman–Crippen MR) is 57.0 cm³/mol. The molecule has 0 radical (unpaired) electrons. The van der Waals surface area contributed by atoms with Crippen LogP contribution in [0.25, 0.3) is 0 Å². The van der Waals surface area contributed by atoms with Crippen LogP contribution >= 0.6 is 0 Å². The summed E-state index contributed by atoms with van der Waals surface area (Å²) in [6.45, 7) is 5.57. The molecule has 1 aromatic heterocycles. The first kappa shape index (κ1) is 9.84. The van der Waals surface area contributed by atoms with E-state index in [4.69, 9.17) is 4.52 Å². The molecule has 2 fully saturated rings. The highest BCUT2D eigenvalue weighted by Gasteiger charge is 2.38. The van der Waals surface area contributed by atoms with E-state index in [1.807, 2.05) is 4.90 Å². The van der Waals surface area contributed by atoms with Crippen LogP contribution in [0, 0.1) is 18.8 Å². The maximum Gasteiger partial charge on any atom is 0.276 e. The van der Waals surface area contributed by atoms with Crippen LogP contribution in [0.2, 0.25) is 0 Å². The van der Waals surface area contributed by atoms with Gasteiger partial charge in [-0.1, -0.05) is 5.16 Å². The Kier molecular flexibility index (Phi) is 2.21. The first-order valence-corrected chi connectivity index (χ1v) is 5.67. The van der Waals surface area contributed by atoms with Crippen LogP contribution in [0.4, 0.5) is 0 Å². The number of amides is 1. The number of carbonyl (C=O) groups is 1. The summed E-state index contributed by atoms with van der Waals surface area (Å²) >= 11 is 0. The molecular formula is C11H15N3O2. The van der Waals surface area contributed by atoms with Gasteiger partial charge in [-0.25, -0.2) is 0 Å². The zero-order valence-electron chi connectivity index (χ0n) is 9.27. The van der Waals surface area contributed by atoms with Crippen LogP contribution in [0.1, 0.15) is 16.2 Å². The lowest BCUT2D eigenvalue weighted by molar-refractivity contribution is 0.0771. The van der Waals surface area contributed by atoms with Crippen LogP contribution < -0.4 is 5.32 Å². The van der Waals surface area contributed by atoms with Crippen LogP contribution in [-0.4, -0.2) is 42.1 Å². The third kappa shape index (κ3) is 1.51. The Labute approximate surface area is 93.8 Å². The Morgan fingerprint density at radius 2 is 2.19 bits per heavy atom. The lowest BCUT2D eigenvalue weighted by atomic mass is 10.0. The van der Waals surface area contributed by atoms with Crippen molar-refractivity contribution in [2.75, 3.05) is 26.2 Å². The molecule has 1 aromatic rings. The van der Waals surface area contributed by atoms with Gasteiger partial charge in [-0.05, 0) is 18.8 Å². The average Bonchev–Trinajstić information content (AvgIpc) is 2.89. The van der Waals surface area contributed by atoms with Crippen LogP contribution in [0.15, 0.2) is 10.6 Å². The minimum Gasteiger partial charge on any atom is -0.361 e. The Morgan fingerprint density at radius 1 is 1.50 bits per heavy atom. The number of carbonyl (C=O) groups excluding carboxylic acids is 1. The van der Waals surface area contributed by atoms with Crippen LogP contribution in [-0.2, 0) is 0 Å². The van der Waals surface area contributed by atoms with E-state index < -0.39 is 0 Å². The highest BCUT2D eigenvalue weighted by atomic mass is 16.5. The standard InChI is InChI=1S/C11H15N3O2/c1-7-2-10(13-16-7)11(15)14-5-8-3-12-4-9(8)6-14/h2,8-9,12H,3-6H2,1H3. The van der Waals surface area contributed by atoms with Gasteiger partial charge in [0.15, 0.2) is 5.69 Å². The van der Waals surface area contributed by atoms with Gasteiger partial charge in [0.1, 0.15) is 5.76 Å². The largest absolute Gasteiger partial charge is 0.361 e. The van der Waals surface area contributed by atoms with Crippen molar-refractivity contribution in [1.29, 1.82) is 0 Å². The quantitative estimate of drug-likeness (QED) is 0.739. The Hall–Kier alpha value is -1.36. The van der Waals surface area contributed by atoms with Crippen molar-refractivity contribution in [3.63, 3.8) is 0 Å². The second-order valence-corrected chi connectivity index (χ2v) is 4.71. The average molecular weight is 221 g/mol. The van der Waals surface area contributed by atoms with Gasteiger partial charge >= 0.3 is 0 Å². The Morgan fingerprint density at radius 3 is 2.75 bits per heavy atom. The molecule has 0 spiro atoms. The molecule has 0 saturated carbocycles. The van der Waals surface area contributed by atoms with E-state index in [-0.39, 0.29) is 5.91 Å².